The molecule has 0 fully saturated rings. The average Bonchev–Trinajstić information content (AvgIpc) is 1.88. The summed E-state index contributed by atoms with van der Waals surface area (Å²) < 4.78 is 35.6. The van der Waals surface area contributed by atoms with Crippen molar-refractivity contribution < 1.29 is 13.3 Å². The monoisotopic (exact) mass is 220 g/mol. The summed E-state index contributed by atoms with van der Waals surface area (Å²) in [6.07, 6.45) is -2.68. The highest BCUT2D eigenvalue weighted by atomic mass is 33.1. The van der Waals surface area contributed by atoms with Gasteiger partial charge in [0.1, 0.15) is 0 Å². The summed E-state index contributed by atoms with van der Waals surface area (Å²) in [5, 5.41) is 0. The summed E-state index contributed by atoms with van der Waals surface area (Å²) in [5.74, 6) is 0.962. The van der Waals surface area contributed by atoms with Gasteiger partial charge in [0.25, 0.3) is 5.55 Å². The molecule has 0 aromatic heterocycles. The summed E-state index contributed by atoms with van der Waals surface area (Å²) in [7, 11) is 0. The summed E-state index contributed by atoms with van der Waals surface area (Å²) in [5.41, 5.74) is -3.29. The molecule has 0 atom stereocenters. The molecule has 0 rings (SSSR count). The Morgan fingerprint density at radius 2 is 1.64 bits per heavy atom. The Balaban J connectivity index is 4.14. The van der Waals surface area contributed by atoms with E-state index in [1.165, 1.54) is 0 Å². The van der Waals surface area contributed by atoms with Crippen molar-refractivity contribution in [3.05, 3.63) is 0 Å². The molecule has 0 aliphatic carbocycles. The standard InChI is InChI=1S/C5H11F2OPS2/c1-3-10-9(8,5(6)7)11-4-2/h5H,3-4H2,1-2H3. The molecule has 0 aliphatic heterocycles. The van der Waals surface area contributed by atoms with Crippen molar-refractivity contribution in [1.82, 2.24) is 0 Å². The third kappa shape index (κ3) is 3.81. The van der Waals surface area contributed by atoms with E-state index in [0.29, 0.717) is 11.5 Å². The van der Waals surface area contributed by atoms with E-state index in [9.17, 15) is 13.3 Å². The van der Waals surface area contributed by atoms with Gasteiger partial charge in [-0.1, -0.05) is 36.6 Å². The largest absolute Gasteiger partial charge is 0.307 e. The number of hydrogen-bond acceptors (Lipinski definition) is 3. The maximum Gasteiger partial charge on any atom is 0.307 e. The second-order valence-corrected chi connectivity index (χ2v) is 10.3. The first kappa shape index (κ1) is 11.8. The molecule has 0 saturated heterocycles. The lowest BCUT2D eigenvalue weighted by Crippen LogP contribution is -1.87. The third-order valence-electron chi connectivity index (χ3n) is 0.857. The minimum Gasteiger partial charge on any atom is -0.294 e. The highest BCUT2D eigenvalue weighted by molar-refractivity contribution is 8.90. The minimum atomic E-state index is -3.29. The number of halogens is 2. The third-order valence-corrected chi connectivity index (χ3v) is 9.13. The zero-order chi connectivity index (χ0) is 8.91. The van der Waals surface area contributed by atoms with E-state index in [4.69, 9.17) is 0 Å². The van der Waals surface area contributed by atoms with Crippen LogP contribution < -0.4 is 0 Å². The summed E-state index contributed by atoms with van der Waals surface area (Å²) >= 11 is 1.76. The molecule has 11 heavy (non-hydrogen) atoms. The Hall–Kier alpha value is 0.790. The van der Waals surface area contributed by atoms with Gasteiger partial charge < -0.3 is 0 Å². The van der Waals surface area contributed by atoms with Crippen LogP contribution in [0.25, 0.3) is 0 Å². The Labute approximate surface area is 73.6 Å². The van der Waals surface area contributed by atoms with Crippen LogP contribution in [-0.4, -0.2) is 17.7 Å². The predicted molar refractivity (Wildman–Crippen MR) is 49.9 cm³/mol. The van der Waals surface area contributed by atoms with Crippen LogP contribution in [0.3, 0.4) is 0 Å². The van der Waals surface area contributed by atoms with Gasteiger partial charge in [-0.05, 0) is 11.5 Å². The van der Waals surface area contributed by atoms with Crippen LogP contribution in [-0.2, 0) is 4.57 Å². The SMILES string of the molecule is CCSP(=O)(SCC)C(F)F. The van der Waals surface area contributed by atoms with E-state index in [1.54, 1.807) is 13.8 Å². The topological polar surface area (TPSA) is 17.1 Å². The fourth-order valence-corrected chi connectivity index (χ4v) is 7.16. The molecule has 0 aromatic rings. The maximum atomic E-state index is 12.2. The van der Waals surface area contributed by atoms with Crippen molar-refractivity contribution in [2.24, 2.45) is 0 Å². The van der Waals surface area contributed by atoms with E-state index in [0.717, 1.165) is 22.8 Å². The van der Waals surface area contributed by atoms with Gasteiger partial charge in [0, 0.05) is 0 Å². The fourth-order valence-electron chi connectivity index (χ4n) is 0.510. The zero-order valence-corrected chi connectivity index (χ0v) is 8.95. The molecule has 0 heterocycles. The van der Waals surface area contributed by atoms with Gasteiger partial charge in [0.15, 0.2) is 0 Å². The smallest absolute Gasteiger partial charge is 0.294 e. The summed E-state index contributed by atoms with van der Waals surface area (Å²) in [4.78, 5) is 0. The maximum absolute atomic E-state index is 12.2. The molecule has 0 aromatic carbocycles. The van der Waals surface area contributed by atoms with Crippen molar-refractivity contribution in [2.45, 2.75) is 20.0 Å². The second-order valence-electron chi connectivity index (χ2n) is 1.65. The molecular formula is C5H11F2OPS2. The predicted octanol–water partition coefficient (Wildman–Crippen LogP) is 3.91. The first-order valence-electron chi connectivity index (χ1n) is 3.23. The average molecular weight is 220 g/mol. The Bertz CT molecular complexity index is 143. The number of hydrogen-bond donors (Lipinski definition) is 0. The molecule has 1 nitrogen and oxygen atoms in total. The van der Waals surface area contributed by atoms with Crippen LogP contribution in [0, 0.1) is 0 Å². The van der Waals surface area contributed by atoms with Gasteiger partial charge >= 0.3 is 6.17 Å². The molecule has 0 unspecified atom stereocenters. The van der Waals surface area contributed by atoms with E-state index in [-0.39, 0.29) is 0 Å². The van der Waals surface area contributed by atoms with Crippen LogP contribution in [0.1, 0.15) is 13.8 Å². The van der Waals surface area contributed by atoms with Gasteiger partial charge in [0.2, 0.25) is 0 Å². The lowest BCUT2D eigenvalue weighted by atomic mass is 11.0. The van der Waals surface area contributed by atoms with Crippen molar-refractivity contribution in [3.8, 4) is 0 Å². The van der Waals surface area contributed by atoms with Gasteiger partial charge in [-0.15, -0.1) is 0 Å². The Kier molecular flexibility index (Phi) is 5.83. The first-order valence-corrected chi connectivity index (χ1v) is 8.19. The van der Waals surface area contributed by atoms with Crippen molar-refractivity contribution >= 4 is 28.3 Å². The van der Waals surface area contributed by atoms with E-state index < -0.39 is 11.7 Å². The van der Waals surface area contributed by atoms with Crippen LogP contribution >= 0.6 is 28.3 Å². The second kappa shape index (κ2) is 5.44. The molecule has 0 aliphatic rings. The lowest BCUT2D eigenvalue weighted by Gasteiger charge is -2.13. The quantitative estimate of drug-likeness (QED) is 0.654. The van der Waals surface area contributed by atoms with Gasteiger partial charge in [0.05, 0.1) is 0 Å². The van der Waals surface area contributed by atoms with Crippen LogP contribution in [0.2, 0.25) is 0 Å². The normalized spacial score (nSPS) is 12.5. The van der Waals surface area contributed by atoms with Crippen molar-refractivity contribution in [3.63, 3.8) is 0 Å². The number of alkyl halides is 2. The molecule has 0 spiro atoms. The molecule has 0 radical (unpaired) electrons. The molecule has 0 saturated carbocycles. The Morgan fingerprint density at radius 1 is 1.27 bits per heavy atom. The highest BCUT2D eigenvalue weighted by Crippen LogP contribution is 2.72. The summed E-state index contributed by atoms with van der Waals surface area (Å²) in [6.45, 7) is 3.46. The van der Waals surface area contributed by atoms with Crippen molar-refractivity contribution in [2.75, 3.05) is 11.5 Å². The number of rotatable bonds is 5. The van der Waals surface area contributed by atoms with Crippen LogP contribution in [0.15, 0.2) is 0 Å². The molecule has 0 bridgehead atoms. The van der Waals surface area contributed by atoms with Gasteiger partial charge in [-0.3, -0.25) is 4.57 Å². The van der Waals surface area contributed by atoms with Crippen LogP contribution in [0.5, 0.6) is 0 Å². The van der Waals surface area contributed by atoms with Crippen molar-refractivity contribution in [1.29, 1.82) is 0 Å². The highest BCUT2D eigenvalue weighted by Gasteiger charge is 2.33. The fraction of sp³-hybridized carbons (Fsp3) is 1.00. The first-order chi connectivity index (χ1) is 5.06. The van der Waals surface area contributed by atoms with E-state index in [2.05, 4.69) is 0 Å². The minimum absolute atomic E-state index is 0.481. The summed E-state index contributed by atoms with van der Waals surface area (Å²) in [6, 6.07) is 0. The molecule has 0 N–H and O–H groups in total. The lowest BCUT2D eigenvalue weighted by molar-refractivity contribution is 0.240. The zero-order valence-electron chi connectivity index (χ0n) is 6.42. The Morgan fingerprint density at radius 3 is 1.82 bits per heavy atom. The van der Waals surface area contributed by atoms with Crippen LogP contribution in [0.4, 0.5) is 8.78 Å². The van der Waals surface area contributed by atoms with E-state index >= 15 is 0 Å². The molecule has 68 valence electrons. The molecular weight excluding hydrogens is 209 g/mol. The van der Waals surface area contributed by atoms with E-state index in [1.807, 2.05) is 0 Å². The van der Waals surface area contributed by atoms with Gasteiger partial charge in [-0.25, -0.2) is 0 Å². The van der Waals surface area contributed by atoms with Gasteiger partial charge in [-0.2, -0.15) is 8.78 Å². The molecule has 6 heteroatoms. The molecule has 0 amide bonds.